The normalized spacial score (nSPS) is 14.2. The Labute approximate surface area is 263 Å². The number of ether oxygens (including phenoxy) is 2. The molecule has 248 valence electrons. The lowest BCUT2D eigenvalue weighted by molar-refractivity contribution is -0.143. The van der Waals surface area contributed by atoms with E-state index < -0.39 is 52.9 Å². The number of alkyl halides is 6. The second-order valence-electron chi connectivity index (χ2n) is 10.5. The summed E-state index contributed by atoms with van der Waals surface area (Å²) in [4.78, 5) is 32.6. The molecule has 1 aliphatic rings. The molecule has 1 N–H and O–H groups in total. The largest absolute Gasteiger partial charge is 0.488 e. The molecule has 0 spiro atoms. The highest BCUT2D eigenvalue weighted by Crippen LogP contribution is 2.42. The molecule has 2 aromatic heterocycles. The van der Waals surface area contributed by atoms with Crippen molar-refractivity contribution < 1.29 is 50.5 Å². The van der Waals surface area contributed by atoms with Gasteiger partial charge in [0.05, 0.1) is 24.1 Å². The van der Waals surface area contributed by atoms with Crippen LogP contribution in [0.5, 0.6) is 5.75 Å². The molecule has 5 rings (SSSR count). The summed E-state index contributed by atoms with van der Waals surface area (Å²) < 4.78 is 95.3. The number of aromatic nitrogens is 4. The number of para-hydroxylation sites is 1. The van der Waals surface area contributed by atoms with Gasteiger partial charge in [0.25, 0.3) is 5.95 Å². The van der Waals surface area contributed by atoms with E-state index in [-0.39, 0.29) is 35.1 Å². The maximum atomic E-state index is 14.1. The number of carbonyl (C=O) groups excluding carboxylic acids is 1. The van der Waals surface area contributed by atoms with Gasteiger partial charge in [0.2, 0.25) is 0 Å². The van der Waals surface area contributed by atoms with E-state index in [1.165, 1.54) is 24.0 Å². The first-order valence-corrected chi connectivity index (χ1v) is 14.3. The summed E-state index contributed by atoms with van der Waals surface area (Å²) in [6, 6.07) is 11.5. The lowest BCUT2D eigenvalue weighted by Gasteiger charge is -2.30. The average molecular weight is 664 g/mol. The Kier molecular flexibility index (Phi) is 9.40. The van der Waals surface area contributed by atoms with Crippen molar-refractivity contribution >= 4 is 12.1 Å². The number of hydrogen-bond donors (Lipinski definition) is 1. The van der Waals surface area contributed by atoms with E-state index >= 15 is 0 Å². The van der Waals surface area contributed by atoms with E-state index in [9.17, 15) is 35.9 Å². The van der Waals surface area contributed by atoms with Crippen LogP contribution in [0.1, 0.15) is 58.4 Å². The third kappa shape index (κ3) is 7.31. The number of benzene rings is 2. The zero-order valence-electron chi connectivity index (χ0n) is 24.7. The number of nitrogens with zero attached hydrogens (tertiary/aromatic N) is 5. The molecule has 0 saturated carbocycles. The summed E-state index contributed by atoms with van der Waals surface area (Å²) in [6.45, 7) is 1.75. The number of halogens is 6. The van der Waals surface area contributed by atoms with Crippen LogP contribution >= 0.6 is 0 Å². The number of piperidine rings is 1. The van der Waals surface area contributed by atoms with Crippen molar-refractivity contribution in [3.63, 3.8) is 0 Å². The zero-order chi connectivity index (χ0) is 33.9. The molecule has 10 nitrogen and oxygen atoms in total. The predicted molar refractivity (Wildman–Crippen MR) is 153 cm³/mol. The second-order valence-corrected chi connectivity index (χ2v) is 10.5. The molecule has 4 aromatic rings. The highest BCUT2D eigenvalue weighted by Gasteiger charge is 2.42. The van der Waals surface area contributed by atoms with Crippen molar-refractivity contribution in [2.75, 3.05) is 19.7 Å². The Balaban J connectivity index is 1.45. The van der Waals surface area contributed by atoms with Crippen LogP contribution in [0.2, 0.25) is 0 Å². The van der Waals surface area contributed by atoms with Crippen molar-refractivity contribution in [2.45, 2.75) is 44.6 Å². The molecule has 2 aromatic carbocycles. The van der Waals surface area contributed by atoms with E-state index in [0.29, 0.717) is 37.7 Å². The number of carboxylic acid groups (broad SMARTS) is 1. The Morgan fingerprint density at radius 2 is 1.68 bits per heavy atom. The van der Waals surface area contributed by atoms with Crippen molar-refractivity contribution in [2.24, 2.45) is 0 Å². The average Bonchev–Trinajstić information content (AvgIpc) is 3.50. The molecule has 1 aliphatic heterocycles. The van der Waals surface area contributed by atoms with Crippen LogP contribution in [-0.2, 0) is 23.7 Å². The molecule has 1 saturated heterocycles. The van der Waals surface area contributed by atoms with E-state index in [4.69, 9.17) is 14.6 Å². The molecule has 16 heteroatoms. The third-order valence-corrected chi connectivity index (χ3v) is 7.56. The lowest BCUT2D eigenvalue weighted by Crippen LogP contribution is -2.36. The molecule has 47 heavy (non-hydrogen) atoms. The predicted octanol–water partition coefficient (Wildman–Crippen LogP) is 6.98. The first-order chi connectivity index (χ1) is 22.3. The third-order valence-electron chi connectivity index (χ3n) is 7.56. The minimum atomic E-state index is -5.09. The lowest BCUT2D eigenvalue weighted by atomic mass is 9.89. The fourth-order valence-corrected chi connectivity index (χ4v) is 5.29. The monoisotopic (exact) mass is 663 g/mol. The van der Waals surface area contributed by atoms with Gasteiger partial charge < -0.3 is 19.5 Å². The van der Waals surface area contributed by atoms with Gasteiger partial charge in [-0.1, -0.05) is 30.3 Å². The van der Waals surface area contributed by atoms with Crippen LogP contribution in [0.15, 0.2) is 60.9 Å². The molecule has 3 heterocycles. The van der Waals surface area contributed by atoms with Gasteiger partial charge in [-0.15, -0.1) is 0 Å². The van der Waals surface area contributed by atoms with E-state index in [2.05, 4.69) is 15.1 Å². The fourth-order valence-electron chi connectivity index (χ4n) is 5.29. The van der Waals surface area contributed by atoms with Gasteiger partial charge in [-0.25, -0.2) is 19.6 Å². The molecule has 1 fully saturated rings. The number of carbonyl (C=O) groups is 2. The summed E-state index contributed by atoms with van der Waals surface area (Å²) in [6.07, 6.45) is -7.93. The molecule has 0 unspecified atom stereocenters. The Hall–Kier alpha value is -5.15. The molecule has 0 aliphatic carbocycles. The van der Waals surface area contributed by atoms with Crippen LogP contribution in [-0.4, -0.2) is 61.5 Å². The quantitative estimate of drug-likeness (QED) is 0.158. The molecular weight excluding hydrogens is 636 g/mol. The van der Waals surface area contributed by atoms with Crippen LogP contribution in [0.4, 0.5) is 31.1 Å². The zero-order valence-corrected chi connectivity index (χ0v) is 24.7. The van der Waals surface area contributed by atoms with E-state index in [1.807, 2.05) is 12.1 Å². The SMILES string of the molecule is CCOC(=O)c1cnn(-c2nccc(-c3cccc(C(F)(F)F)c3OCc3ccc(C4CCN(C(=O)O)CC4)cc3)n2)c1C(F)(F)F. The summed E-state index contributed by atoms with van der Waals surface area (Å²) >= 11 is 0. The van der Waals surface area contributed by atoms with Gasteiger partial charge in [-0.2, -0.15) is 36.1 Å². The highest BCUT2D eigenvalue weighted by atomic mass is 19.4. The van der Waals surface area contributed by atoms with Crippen LogP contribution in [0.3, 0.4) is 0 Å². The van der Waals surface area contributed by atoms with Crippen LogP contribution < -0.4 is 4.74 Å². The van der Waals surface area contributed by atoms with Crippen molar-refractivity contribution in [3.8, 4) is 23.0 Å². The molecular formula is C31H27F6N5O5. The maximum absolute atomic E-state index is 14.1. The number of likely N-dealkylation sites (tertiary alicyclic amines) is 1. The smallest absolute Gasteiger partial charge is 0.434 e. The minimum Gasteiger partial charge on any atom is -0.488 e. The van der Waals surface area contributed by atoms with Gasteiger partial charge in [-0.05, 0) is 55.0 Å². The van der Waals surface area contributed by atoms with Gasteiger partial charge in [-0.3, -0.25) is 0 Å². The number of rotatable bonds is 8. The van der Waals surface area contributed by atoms with E-state index in [0.717, 1.165) is 23.9 Å². The number of amides is 1. The van der Waals surface area contributed by atoms with Crippen molar-refractivity contribution in [1.82, 2.24) is 24.6 Å². The van der Waals surface area contributed by atoms with Gasteiger partial charge in [0, 0.05) is 24.8 Å². The minimum absolute atomic E-state index is 0.131. The summed E-state index contributed by atoms with van der Waals surface area (Å²) in [5.41, 5.74) is -2.38. The van der Waals surface area contributed by atoms with E-state index in [1.54, 1.807) is 12.1 Å². The standard InChI is InChI=1S/C31H27F6N5O5/c1-2-46-27(43)22-16-39-42(26(22)31(35,36)37)28-38-13-10-24(40-28)21-4-3-5-23(30(32,33)34)25(21)47-17-18-6-8-19(9-7-18)20-11-14-41(15-12-20)29(44)45/h3-10,13,16,20H,2,11-12,14-15,17H2,1H3,(H,44,45). The van der Waals surface area contributed by atoms with Crippen LogP contribution in [0, 0.1) is 0 Å². The Morgan fingerprint density at radius 1 is 0.979 bits per heavy atom. The van der Waals surface area contributed by atoms with Gasteiger partial charge >= 0.3 is 24.4 Å². The molecule has 0 bridgehead atoms. The van der Waals surface area contributed by atoms with Gasteiger partial charge in [0.1, 0.15) is 17.9 Å². The summed E-state index contributed by atoms with van der Waals surface area (Å²) in [7, 11) is 0. The van der Waals surface area contributed by atoms with Gasteiger partial charge in [0.15, 0.2) is 5.69 Å². The number of esters is 1. The van der Waals surface area contributed by atoms with Crippen LogP contribution in [0.25, 0.3) is 17.2 Å². The molecule has 1 amide bonds. The fraction of sp³-hybridized carbons (Fsp3) is 0.323. The highest BCUT2D eigenvalue weighted by molar-refractivity contribution is 5.90. The Bertz CT molecular complexity index is 1750. The van der Waals surface area contributed by atoms with Crippen molar-refractivity contribution in [3.05, 3.63) is 88.9 Å². The second kappa shape index (κ2) is 13.3. The first-order valence-electron chi connectivity index (χ1n) is 14.3. The topological polar surface area (TPSA) is 120 Å². The maximum Gasteiger partial charge on any atom is 0.434 e. The number of hydrogen-bond acceptors (Lipinski definition) is 7. The Morgan fingerprint density at radius 3 is 2.30 bits per heavy atom. The first kappa shape index (κ1) is 33.2. The molecule has 0 radical (unpaired) electrons. The summed E-state index contributed by atoms with van der Waals surface area (Å²) in [5, 5.41) is 12.8. The molecule has 0 atom stereocenters. The van der Waals surface area contributed by atoms with Crippen molar-refractivity contribution in [1.29, 1.82) is 0 Å². The summed E-state index contributed by atoms with van der Waals surface area (Å²) in [5.74, 6) is -2.39.